The number of allylic oxidation sites excluding steroid dienone is 1. The predicted octanol–water partition coefficient (Wildman–Crippen LogP) is 5.37. The number of nitriles is 1. The van der Waals surface area contributed by atoms with E-state index in [0.717, 1.165) is 47.3 Å². The molecule has 2 saturated heterocycles. The van der Waals surface area contributed by atoms with Gasteiger partial charge in [-0.1, -0.05) is 32.9 Å². The molecule has 0 saturated carbocycles. The number of hydrogen-bond acceptors (Lipinski definition) is 9. The molecule has 2 aliphatic heterocycles. The summed E-state index contributed by atoms with van der Waals surface area (Å²) in [6.45, 7) is 9.08. The van der Waals surface area contributed by atoms with Gasteiger partial charge in [-0.2, -0.15) is 5.26 Å². The first-order valence-corrected chi connectivity index (χ1v) is 16.0. The molecule has 11 nitrogen and oxygen atoms in total. The summed E-state index contributed by atoms with van der Waals surface area (Å²) in [5.41, 5.74) is 2.54. The lowest BCUT2D eigenvalue weighted by Crippen LogP contribution is -2.39. The standard InChI is InChI=1S/C33H37N7O4S/c1-33(2,3)14-22(15-34)31(42)39-11-4-5-24(39)18-40-26-7-6-21(16-36-23-10-12-43-19-23)13-25(26)37-32(40)38-30(41)29-9-8-28(45-29)27-17-35-20-44-27/h6-9,13-14,17,20,23-24,36H,4-5,10-12,16,18-19H2,1-3H3,(H,37,38,41)/b22-14+/t23?,24-/m1/s1. The Balaban J connectivity index is 1.29. The fraction of sp³-hybridized carbons (Fsp3) is 0.424. The number of hydrogen-bond donors (Lipinski definition) is 2. The van der Waals surface area contributed by atoms with Crippen molar-refractivity contribution in [1.29, 1.82) is 5.26 Å². The van der Waals surface area contributed by atoms with Crippen molar-refractivity contribution < 1.29 is 18.7 Å². The molecule has 6 rings (SSSR count). The highest BCUT2D eigenvalue weighted by molar-refractivity contribution is 7.17. The number of carbonyl (C=O) groups excluding carboxylic acids is 2. The van der Waals surface area contributed by atoms with Crippen molar-refractivity contribution in [2.45, 2.75) is 65.2 Å². The number of likely N-dealkylation sites (tertiary alicyclic amines) is 1. The third-order valence-electron chi connectivity index (χ3n) is 8.03. The fourth-order valence-corrected chi connectivity index (χ4v) is 6.70. The molecule has 3 aromatic heterocycles. The van der Waals surface area contributed by atoms with Crippen molar-refractivity contribution in [2.75, 3.05) is 25.1 Å². The van der Waals surface area contributed by atoms with Crippen LogP contribution < -0.4 is 10.6 Å². The van der Waals surface area contributed by atoms with E-state index in [1.54, 1.807) is 23.2 Å². The number of oxazole rings is 1. The zero-order valence-corrected chi connectivity index (χ0v) is 26.5. The van der Waals surface area contributed by atoms with Gasteiger partial charge in [-0.15, -0.1) is 11.3 Å². The number of thiophene rings is 1. The minimum atomic E-state index is -0.305. The Labute approximate surface area is 265 Å². The number of anilines is 1. The number of aromatic nitrogens is 3. The molecule has 4 aromatic rings. The van der Waals surface area contributed by atoms with Crippen LogP contribution in [0.1, 0.15) is 55.3 Å². The van der Waals surface area contributed by atoms with E-state index < -0.39 is 0 Å². The lowest BCUT2D eigenvalue weighted by Gasteiger charge is -2.26. The lowest BCUT2D eigenvalue weighted by molar-refractivity contribution is -0.127. The van der Waals surface area contributed by atoms with Crippen LogP contribution in [0.3, 0.4) is 0 Å². The van der Waals surface area contributed by atoms with Gasteiger partial charge in [-0.05, 0) is 54.5 Å². The average molecular weight is 628 g/mol. The molecule has 2 aliphatic rings. The van der Waals surface area contributed by atoms with Crippen molar-refractivity contribution in [3.8, 4) is 16.7 Å². The summed E-state index contributed by atoms with van der Waals surface area (Å²) in [6.07, 6.45) is 7.32. The second kappa shape index (κ2) is 13.0. The average Bonchev–Trinajstić information content (AvgIpc) is 3.85. The van der Waals surface area contributed by atoms with Crippen LogP contribution in [0.2, 0.25) is 0 Å². The maximum atomic E-state index is 13.5. The molecule has 0 aliphatic carbocycles. The molecule has 5 heterocycles. The number of nitrogens with zero attached hydrogens (tertiary/aromatic N) is 5. The molecular weight excluding hydrogens is 590 g/mol. The molecule has 0 spiro atoms. The van der Waals surface area contributed by atoms with Crippen LogP contribution in [0.25, 0.3) is 21.7 Å². The number of nitrogens with one attached hydrogen (secondary N) is 2. The first-order valence-electron chi connectivity index (χ1n) is 15.2. The Morgan fingerprint density at radius 2 is 2.09 bits per heavy atom. The summed E-state index contributed by atoms with van der Waals surface area (Å²) < 4.78 is 12.9. The Hall–Kier alpha value is -4.31. The smallest absolute Gasteiger partial charge is 0.268 e. The third-order valence-corrected chi connectivity index (χ3v) is 9.13. The van der Waals surface area contributed by atoms with Gasteiger partial charge >= 0.3 is 0 Å². The van der Waals surface area contributed by atoms with Gasteiger partial charge in [0.1, 0.15) is 11.6 Å². The molecule has 2 atom stereocenters. The van der Waals surface area contributed by atoms with Crippen molar-refractivity contribution in [3.05, 3.63) is 65.0 Å². The highest BCUT2D eigenvalue weighted by Crippen LogP contribution is 2.31. The number of rotatable bonds is 9. The Morgan fingerprint density at radius 1 is 1.22 bits per heavy atom. The monoisotopic (exact) mass is 627 g/mol. The van der Waals surface area contributed by atoms with Crippen molar-refractivity contribution >= 4 is 40.1 Å². The number of imidazole rings is 1. The summed E-state index contributed by atoms with van der Waals surface area (Å²) in [5.74, 6) is 0.459. The normalized spacial score (nSPS) is 18.9. The van der Waals surface area contributed by atoms with Crippen LogP contribution in [0.5, 0.6) is 0 Å². The van der Waals surface area contributed by atoms with Crippen LogP contribution >= 0.6 is 11.3 Å². The third kappa shape index (κ3) is 7.01. The minimum absolute atomic E-state index is 0.156. The number of ether oxygens (including phenoxy) is 1. The molecule has 0 radical (unpaired) electrons. The van der Waals surface area contributed by atoms with Gasteiger partial charge in [-0.3, -0.25) is 14.9 Å². The fourth-order valence-electron chi connectivity index (χ4n) is 5.85. The van der Waals surface area contributed by atoms with Crippen molar-refractivity contribution in [2.24, 2.45) is 5.41 Å². The molecule has 0 bridgehead atoms. The van der Waals surface area contributed by atoms with Gasteiger partial charge < -0.3 is 23.9 Å². The van der Waals surface area contributed by atoms with E-state index >= 15 is 0 Å². The van der Waals surface area contributed by atoms with E-state index in [1.807, 2.05) is 43.5 Å². The van der Waals surface area contributed by atoms with Crippen LogP contribution in [0.15, 0.2) is 59.0 Å². The van der Waals surface area contributed by atoms with Crippen LogP contribution in [-0.4, -0.2) is 63.1 Å². The SMILES string of the molecule is CC(C)(C)/C=C(\C#N)C(=O)N1CCC[C@@H]1Cn1c(NC(=O)c2ccc(-c3cnco3)s2)nc2cc(CNC3CCOC3)ccc21. The largest absolute Gasteiger partial charge is 0.443 e. The van der Waals surface area contributed by atoms with Gasteiger partial charge in [0.15, 0.2) is 12.2 Å². The second-order valence-corrected chi connectivity index (χ2v) is 13.7. The van der Waals surface area contributed by atoms with Crippen LogP contribution in [-0.2, 0) is 22.6 Å². The summed E-state index contributed by atoms with van der Waals surface area (Å²) >= 11 is 1.31. The van der Waals surface area contributed by atoms with Crippen LogP contribution in [0, 0.1) is 16.7 Å². The molecule has 1 unspecified atom stereocenters. The molecule has 1 aromatic carbocycles. The predicted molar refractivity (Wildman–Crippen MR) is 171 cm³/mol. The zero-order valence-electron chi connectivity index (χ0n) is 25.7. The summed E-state index contributed by atoms with van der Waals surface area (Å²) in [7, 11) is 0. The Kier molecular flexibility index (Phi) is 8.85. The first kappa shape index (κ1) is 30.7. The quantitative estimate of drug-likeness (QED) is 0.187. The van der Waals surface area contributed by atoms with E-state index in [9.17, 15) is 14.9 Å². The van der Waals surface area contributed by atoms with E-state index in [4.69, 9.17) is 14.1 Å². The van der Waals surface area contributed by atoms with Gasteiger partial charge in [-0.25, -0.2) is 9.97 Å². The molecule has 234 valence electrons. The van der Waals surface area contributed by atoms with Gasteiger partial charge in [0.05, 0.1) is 39.6 Å². The minimum Gasteiger partial charge on any atom is -0.443 e. The van der Waals surface area contributed by atoms with E-state index in [2.05, 4.69) is 27.8 Å². The van der Waals surface area contributed by atoms with Crippen molar-refractivity contribution in [1.82, 2.24) is 24.8 Å². The molecule has 45 heavy (non-hydrogen) atoms. The summed E-state index contributed by atoms with van der Waals surface area (Å²) in [4.78, 5) is 39.0. The zero-order chi connectivity index (χ0) is 31.6. The second-order valence-electron chi connectivity index (χ2n) is 12.6. The summed E-state index contributed by atoms with van der Waals surface area (Å²) in [5, 5.41) is 16.4. The maximum Gasteiger partial charge on any atom is 0.268 e. The van der Waals surface area contributed by atoms with E-state index in [-0.39, 0.29) is 28.8 Å². The lowest BCUT2D eigenvalue weighted by atomic mass is 9.93. The number of carbonyl (C=O) groups is 2. The van der Waals surface area contributed by atoms with E-state index in [0.29, 0.717) is 48.9 Å². The number of fused-ring (bicyclic) bond motifs is 1. The molecule has 2 fully saturated rings. The topological polar surface area (TPSA) is 138 Å². The first-order chi connectivity index (χ1) is 21.7. The number of amides is 2. The molecule has 12 heteroatoms. The van der Waals surface area contributed by atoms with Gasteiger partial charge in [0, 0.05) is 32.3 Å². The van der Waals surface area contributed by atoms with Crippen molar-refractivity contribution in [3.63, 3.8) is 0 Å². The maximum absolute atomic E-state index is 13.5. The van der Waals surface area contributed by atoms with E-state index in [1.165, 1.54) is 17.7 Å². The van der Waals surface area contributed by atoms with Crippen LogP contribution in [0.4, 0.5) is 5.95 Å². The Morgan fingerprint density at radius 3 is 2.82 bits per heavy atom. The molecular formula is C33H37N7O4S. The Bertz CT molecular complexity index is 1750. The highest BCUT2D eigenvalue weighted by atomic mass is 32.1. The number of benzene rings is 1. The highest BCUT2D eigenvalue weighted by Gasteiger charge is 2.33. The molecule has 2 amide bonds. The summed E-state index contributed by atoms with van der Waals surface area (Å²) in [6, 6.07) is 12.0. The molecule has 2 N–H and O–H groups in total. The van der Waals surface area contributed by atoms with Gasteiger partial charge in [0.25, 0.3) is 11.8 Å². The van der Waals surface area contributed by atoms with Gasteiger partial charge in [0.2, 0.25) is 5.95 Å².